The highest BCUT2D eigenvalue weighted by molar-refractivity contribution is 5.92. The minimum absolute atomic E-state index is 0.00753. The van der Waals surface area contributed by atoms with Crippen molar-refractivity contribution in [3.05, 3.63) is 107 Å². The first-order chi connectivity index (χ1) is 17.9. The first kappa shape index (κ1) is 23.4. The number of aromatic nitrogens is 4. The summed E-state index contributed by atoms with van der Waals surface area (Å²) >= 11 is 0. The molecule has 2 aromatic heterocycles. The second kappa shape index (κ2) is 9.14. The molecule has 0 radical (unpaired) electrons. The van der Waals surface area contributed by atoms with Gasteiger partial charge in [-0.25, -0.2) is 14.1 Å². The van der Waals surface area contributed by atoms with Gasteiger partial charge in [0.25, 0.3) is 5.91 Å². The number of imidazole rings is 1. The van der Waals surface area contributed by atoms with Gasteiger partial charge in [-0.05, 0) is 78.5 Å². The Morgan fingerprint density at radius 2 is 1.97 bits per heavy atom. The molecule has 4 aromatic rings. The molecule has 0 bridgehead atoms. The third-order valence-electron chi connectivity index (χ3n) is 8.19. The number of hydrogen-bond acceptors (Lipinski definition) is 3. The average Bonchev–Trinajstić information content (AvgIpc) is 3.60. The Kier molecular flexibility index (Phi) is 5.78. The van der Waals surface area contributed by atoms with E-state index in [-0.39, 0.29) is 23.2 Å². The van der Waals surface area contributed by atoms with Crippen molar-refractivity contribution in [3.8, 4) is 5.69 Å². The van der Waals surface area contributed by atoms with E-state index in [4.69, 9.17) is 0 Å². The third-order valence-corrected chi connectivity index (χ3v) is 8.19. The summed E-state index contributed by atoms with van der Waals surface area (Å²) in [6.07, 6.45) is 11.5. The first-order valence-electron chi connectivity index (χ1n) is 12.8. The zero-order chi connectivity index (χ0) is 25.6. The van der Waals surface area contributed by atoms with E-state index in [1.807, 2.05) is 36.1 Å². The van der Waals surface area contributed by atoms with E-state index in [9.17, 15) is 9.18 Å². The molecule has 2 aliphatic rings. The maximum absolute atomic E-state index is 13.5. The van der Waals surface area contributed by atoms with Crippen molar-refractivity contribution < 1.29 is 9.18 Å². The Morgan fingerprint density at radius 3 is 2.70 bits per heavy atom. The molecule has 0 spiro atoms. The molecule has 1 saturated carbocycles. The van der Waals surface area contributed by atoms with Crippen LogP contribution < -0.4 is 5.32 Å². The molecule has 0 saturated heterocycles. The van der Waals surface area contributed by atoms with Crippen molar-refractivity contribution in [3.63, 3.8) is 0 Å². The molecule has 1 amide bonds. The number of nitrogens with one attached hydrogen (secondary N) is 1. The van der Waals surface area contributed by atoms with E-state index in [0.717, 1.165) is 42.6 Å². The number of hydrogen-bond donors (Lipinski definition) is 1. The zero-order valence-corrected chi connectivity index (χ0v) is 21.1. The van der Waals surface area contributed by atoms with E-state index in [0.29, 0.717) is 11.6 Å². The summed E-state index contributed by atoms with van der Waals surface area (Å²) in [5.74, 6) is -0.00683. The minimum Gasteiger partial charge on any atom is -0.344 e. The monoisotopic (exact) mass is 495 g/mol. The van der Waals surface area contributed by atoms with Gasteiger partial charge in [0.2, 0.25) is 0 Å². The van der Waals surface area contributed by atoms with Crippen molar-refractivity contribution in [2.24, 2.45) is 18.4 Å². The minimum atomic E-state index is -0.252. The number of benzene rings is 2. The number of carbonyl (C=O) groups excluding carboxylic acids is 1. The highest BCUT2D eigenvalue weighted by Crippen LogP contribution is 2.55. The van der Waals surface area contributed by atoms with Crippen LogP contribution in [-0.2, 0) is 13.5 Å². The Morgan fingerprint density at radius 1 is 1.19 bits per heavy atom. The molecule has 7 heteroatoms. The van der Waals surface area contributed by atoms with Crippen LogP contribution in [0.5, 0.6) is 0 Å². The van der Waals surface area contributed by atoms with E-state index >= 15 is 0 Å². The van der Waals surface area contributed by atoms with Crippen LogP contribution in [-0.4, -0.2) is 25.2 Å². The highest BCUT2D eigenvalue weighted by atomic mass is 19.1. The predicted molar refractivity (Wildman–Crippen MR) is 141 cm³/mol. The lowest BCUT2D eigenvalue weighted by Crippen LogP contribution is -2.35. The van der Waals surface area contributed by atoms with Gasteiger partial charge >= 0.3 is 0 Å². The zero-order valence-electron chi connectivity index (χ0n) is 21.1. The van der Waals surface area contributed by atoms with Crippen molar-refractivity contribution >= 4 is 12.0 Å². The molecule has 3 atom stereocenters. The highest BCUT2D eigenvalue weighted by Gasteiger charge is 2.46. The van der Waals surface area contributed by atoms with Crippen molar-refractivity contribution in [1.82, 2.24) is 24.6 Å². The van der Waals surface area contributed by atoms with Crippen molar-refractivity contribution in [2.75, 3.05) is 0 Å². The van der Waals surface area contributed by atoms with Crippen LogP contribution >= 0.6 is 0 Å². The summed E-state index contributed by atoms with van der Waals surface area (Å²) in [6, 6.07) is 16.6. The maximum Gasteiger partial charge on any atom is 0.271 e. The average molecular weight is 496 g/mol. The summed E-state index contributed by atoms with van der Waals surface area (Å²) in [5.41, 5.74) is 6.10. The van der Waals surface area contributed by atoms with Crippen molar-refractivity contribution in [1.29, 1.82) is 0 Å². The van der Waals surface area contributed by atoms with Crippen LogP contribution in [0.3, 0.4) is 0 Å². The second-order valence-electron chi connectivity index (χ2n) is 10.5. The summed E-state index contributed by atoms with van der Waals surface area (Å²) in [6.45, 7) is 2.36. The third kappa shape index (κ3) is 4.28. The number of nitrogens with zero attached hydrogens (tertiary/aromatic N) is 4. The van der Waals surface area contributed by atoms with Gasteiger partial charge in [-0.15, -0.1) is 0 Å². The van der Waals surface area contributed by atoms with Gasteiger partial charge in [0.1, 0.15) is 11.5 Å². The normalized spacial score (nSPS) is 21.2. The van der Waals surface area contributed by atoms with Gasteiger partial charge in [-0.2, -0.15) is 5.10 Å². The van der Waals surface area contributed by atoms with Gasteiger partial charge in [0.15, 0.2) is 0 Å². The molecule has 6 nitrogen and oxygen atoms in total. The lowest BCUT2D eigenvalue weighted by Gasteiger charge is -2.37. The molecule has 0 aliphatic heterocycles. The molecule has 1 N–H and O–H groups in total. The number of amides is 1. The fourth-order valence-electron chi connectivity index (χ4n) is 6.11. The number of carbonyl (C=O) groups is 1. The second-order valence-corrected chi connectivity index (χ2v) is 10.5. The van der Waals surface area contributed by atoms with Crippen LogP contribution in [0, 0.1) is 17.2 Å². The molecule has 6 rings (SSSR count). The lowest BCUT2D eigenvalue weighted by atomic mass is 9.68. The van der Waals surface area contributed by atoms with E-state index in [2.05, 4.69) is 40.5 Å². The van der Waals surface area contributed by atoms with Crippen LogP contribution in [0.4, 0.5) is 4.39 Å². The van der Waals surface area contributed by atoms with Gasteiger partial charge in [0.05, 0.1) is 29.9 Å². The summed E-state index contributed by atoms with van der Waals surface area (Å²) < 4.78 is 17.2. The topological polar surface area (TPSA) is 64.7 Å². The van der Waals surface area contributed by atoms with Crippen LogP contribution in [0.15, 0.2) is 78.9 Å². The van der Waals surface area contributed by atoms with E-state index < -0.39 is 0 Å². The molecule has 2 aromatic carbocycles. The molecular formula is C30H30FN5O. The Bertz CT molecular complexity index is 1470. The first-order valence-corrected chi connectivity index (χ1v) is 12.8. The van der Waals surface area contributed by atoms with Gasteiger partial charge in [0, 0.05) is 13.2 Å². The number of fused-ring (bicyclic) bond motifs is 2. The fraction of sp³-hybridized carbons (Fsp3) is 0.300. The Labute approximate surface area is 215 Å². The van der Waals surface area contributed by atoms with Crippen LogP contribution in [0.25, 0.3) is 11.8 Å². The van der Waals surface area contributed by atoms with Gasteiger partial charge < -0.3 is 9.88 Å². The van der Waals surface area contributed by atoms with Gasteiger partial charge in [-0.1, -0.05) is 42.8 Å². The molecule has 1 fully saturated rings. The predicted octanol–water partition coefficient (Wildman–Crippen LogP) is 5.66. The number of aryl methyl sites for hydroxylation is 1. The standard InChI is InChI=1S/C30H30FN5O/c1-30-16-21-17-33-36(25-12-10-24(31)11-13-25)28(21)15-23(30)9-8-22(30)14-26(20-6-4-3-5-7-20)34-29(37)27-18-35(2)19-32-27/h3-7,10-13,15,17-19,22,26H,8-9,14,16H2,1-2H3,(H,34,37). The van der Waals surface area contributed by atoms with E-state index in [1.165, 1.54) is 23.3 Å². The Balaban J connectivity index is 1.27. The summed E-state index contributed by atoms with van der Waals surface area (Å²) in [7, 11) is 1.86. The molecule has 188 valence electrons. The molecule has 2 aliphatic carbocycles. The SMILES string of the molecule is Cn1cnc(C(=O)NC(CC2CCC3=Cc4c(cnn4-c4ccc(F)cc4)CC32C)c2ccccc2)c1. The van der Waals surface area contributed by atoms with Crippen LogP contribution in [0.1, 0.15) is 59.5 Å². The molecule has 3 unspecified atom stereocenters. The fourth-order valence-corrected chi connectivity index (χ4v) is 6.11. The molecular weight excluding hydrogens is 465 g/mol. The quantitative estimate of drug-likeness (QED) is 0.375. The number of halogens is 1. The summed E-state index contributed by atoms with van der Waals surface area (Å²) in [4.78, 5) is 17.3. The van der Waals surface area contributed by atoms with Crippen LogP contribution in [0.2, 0.25) is 0 Å². The largest absolute Gasteiger partial charge is 0.344 e. The van der Waals surface area contributed by atoms with Crippen molar-refractivity contribution in [2.45, 2.75) is 38.6 Å². The van der Waals surface area contributed by atoms with Gasteiger partial charge in [-0.3, -0.25) is 4.79 Å². The maximum atomic E-state index is 13.5. The summed E-state index contributed by atoms with van der Waals surface area (Å²) in [5, 5.41) is 7.92. The lowest BCUT2D eigenvalue weighted by molar-refractivity contribution is 0.0919. The Hall–Kier alpha value is -4.00. The number of rotatable bonds is 6. The van der Waals surface area contributed by atoms with E-state index in [1.54, 1.807) is 29.2 Å². The smallest absolute Gasteiger partial charge is 0.271 e. The number of allylic oxidation sites excluding steroid dienone is 1. The molecule has 37 heavy (non-hydrogen) atoms. The molecule has 2 heterocycles.